The van der Waals surface area contributed by atoms with Gasteiger partial charge in [0.05, 0.1) is 45.5 Å². The molecule has 1 saturated carbocycles. The predicted octanol–water partition coefficient (Wildman–Crippen LogP) is 5.51. The number of fused-ring (bicyclic) bond motifs is 1. The molecule has 39 heavy (non-hydrogen) atoms. The minimum Gasteiger partial charge on any atom is -0.406 e. The molecule has 11 heteroatoms. The highest BCUT2D eigenvalue weighted by Gasteiger charge is 2.46. The number of para-hydroxylation sites is 2. The van der Waals surface area contributed by atoms with Gasteiger partial charge in [-0.05, 0) is 67.8 Å². The molecule has 1 aliphatic carbocycles. The van der Waals surface area contributed by atoms with Crippen molar-refractivity contribution in [3.05, 3.63) is 83.2 Å². The zero-order chi connectivity index (χ0) is 27.8. The number of benzene rings is 2. The van der Waals surface area contributed by atoms with Crippen LogP contribution in [0.2, 0.25) is 0 Å². The van der Waals surface area contributed by atoms with Crippen LogP contribution in [0.5, 0.6) is 5.75 Å². The Bertz CT molecular complexity index is 1670. The van der Waals surface area contributed by atoms with Gasteiger partial charge in [0.15, 0.2) is 0 Å². The van der Waals surface area contributed by atoms with Crippen molar-refractivity contribution in [1.82, 2.24) is 20.3 Å². The van der Waals surface area contributed by atoms with E-state index in [2.05, 4.69) is 31.1 Å². The van der Waals surface area contributed by atoms with Gasteiger partial charge in [-0.2, -0.15) is 10.5 Å². The van der Waals surface area contributed by atoms with Gasteiger partial charge < -0.3 is 10.1 Å². The number of nitrogens with one attached hydrogen (secondary N) is 1. The second kappa shape index (κ2) is 9.69. The molecule has 1 N–H and O–H groups in total. The van der Waals surface area contributed by atoms with Crippen molar-refractivity contribution in [2.24, 2.45) is 0 Å². The van der Waals surface area contributed by atoms with E-state index < -0.39 is 29.5 Å². The summed E-state index contributed by atoms with van der Waals surface area (Å²) >= 11 is 0. The van der Waals surface area contributed by atoms with Crippen molar-refractivity contribution < 1.29 is 22.7 Å². The molecule has 1 fully saturated rings. The summed E-state index contributed by atoms with van der Waals surface area (Å²) in [6.45, 7) is 1.67. The molecule has 2 heterocycles. The van der Waals surface area contributed by atoms with E-state index in [1.165, 1.54) is 12.3 Å². The zero-order valence-corrected chi connectivity index (χ0v) is 20.5. The molecule has 0 spiro atoms. The maximum Gasteiger partial charge on any atom is 0.573 e. The van der Waals surface area contributed by atoms with Gasteiger partial charge in [0, 0.05) is 11.8 Å². The summed E-state index contributed by atoms with van der Waals surface area (Å²) in [5.41, 5.74) is 1.95. The fourth-order valence-corrected chi connectivity index (χ4v) is 4.24. The van der Waals surface area contributed by atoms with E-state index >= 15 is 0 Å². The summed E-state index contributed by atoms with van der Waals surface area (Å²) in [7, 11) is 0. The molecule has 1 aliphatic rings. The summed E-state index contributed by atoms with van der Waals surface area (Å²) in [6, 6.07) is 17.3. The second-order valence-electron chi connectivity index (χ2n) is 9.17. The standard InChI is InChI=1S/C28H19F3N6O2/c1-16(24-25(23-7-6-17(13-32)14-34-23)37-22-5-3-2-4-21(22)36-24)35-26(38)18-10-19(27(15-33)8-9-27)12-20(11-18)39-28(29,30)31/h2-7,10-12,14,16H,8-9H2,1H3,(H,35,38). The molecule has 1 amide bonds. The molecular formula is C28H19F3N6O2. The van der Waals surface area contributed by atoms with Crippen LogP contribution in [0.4, 0.5) is 13.2 Å². The Kier molecular flexibility index (Phi) is 6.36. The fourth-order valence-electron chi connectivity index (χ4n) is 4.24. The quantitative estimate of drug-likeness (QED) is 0.350. The van der Waals surface area contributed by atoms with E-state index in [-0.39, 0.29) is 11.1 Å². The summed E-state index contributed by atoms with van der Waals surface area (Å²) in [5, 5.41) is 21.4. The second-order valence-corrected chi connectivity index (χ2v) is 9.17. The highest BCUT2D eigenvalue weighted by atomic mass is 19.4. The van der Waals surface area contributed by atoms with E-state index in [1.807, 2.05) is 6.07 Å². The predicted molar refractivity (Wildman–Crippen MR) is 133 cm³/mol. The molecular weight excluding hydrogens is 509 g/mol. The average molecular weight is 528 g/mol. The number of carbonyl (C=O) groups excluding carboxylic acids is 1. The Morgan fingerprint density at radius 2 is 1.79 bits per heavy atom. The van der Waals surface area contributed by atoms with Gasteiger partial charge in [-0.15, -0.1) is 13.2 Å². The molecule has 194 valence electrons. The molecule has 5 rings (SSSR count). The molecule has 2 aromatic carbocycles. The van der Waals surface area contributed by atoms with E-state index in [4.69, 9.17) is 5.26 Å². The Hall–Kier alpha value is -5.03. The monoisotopic (exact) mass is 528 g/mol. The molecule has 1 atom stereocenters. The smallest absolute Gasteiger partial charge is 0.406 e. The molecule has 0 radical (unpaired) electrons. The number of pyridine rings is 1. The van der Waals surface area contributed by atoms with Crippen molar-refractivity contribution >= 4 is 16.9 Å². The molecule has 4 aromatic rings. The number of ether oxygens (including phenoxy) is 1. The Labute approximate surface area is 220 Å². The molecule has 0 saturated heterocycles. The van der Waals surface area contributed by atoms with Crippen LogP contribution in [0.1, 0.15) is 53.0 Å². The lowest BCUT2D eigenvalue weighted by atomic mass is 9.95. The summed E-state index contributed by atoms with van der Waals surface area (Å²) in [5.74, 6) is -1.26. The zero-order valence-electron chi connectivity index (χ0n) is 20.5. The summed E-state index contributed by atoms with van der Waals surface area (Å²) in [6.07, 6.45) is -2.61. The largest absolute Gasteiger partial charge is 0.573 e. The van der Waals surface area contributed by atoms with Gasteiger partial charge in [-0.1, -0.05) is 12.1 Å². The van der Waals surface area contributed by atoms with Crippen LogP contribution < -0.4 is 10.1 Å². The van der Waals surface area contributed by atoms with Gasteiger partial charge >= 0.3 is 6.36 Å². The molecule has 2 aromatic heterocycles. The van der Waals surface area contributed by atoms with Gasteiger partial charge in [0.2, 0.25) is 0 Å². The first-order valence-corrected chi connectivity index (χ1v) is 11.9. The Morgan fingerprint density at radius 3 is 2.38 bits per heavy atom. The number of halogens is 3. The van der Waals surface area contributed by atoms with Gasteiger partial charge in [-0.3, -0.25) is 9.78 Å². The van der Waals surface area contributed by atoms with E-state index in [1.54, 1.807) is 43.3 Å². The van der Waals surface area contributed by atoms with Crippen LogP contribution in [0.25, 0.3) is 22.4 Å². The lowest BCUT2D eigenvalue weighted by Crippen LogP contribution is -2.28. The molecule has 0 bridgehead atoms. The number of carbonyl (C=O) groups is 1. The molecule has 0 aliphatic heterocycles. The number of amides is 1. The minimum atomic E-state index is -4.97. The number of nitrogens with zero attached hydrogens (tertiary/aromatic N) is 5. The maximum atomic E-state index is 13.3. The summed E-state index contributed by atoms with van der Waals surface area (Å²) in [4.78, 5) is 27.0. The van der Waals surface area contributed by atoms with Gasteiger partial charge in [0.1, 0.15) is 17.5 Å². The van der Waals surface area contributed by atoms with Crippen LogP contribution in [-0.2, 0) is 5.41 Å². The first kappa shape index (κ1) is 25.6. The van der Waals surface area contributed by atoms with Crippen LogP contribution >= 0.6 is 0 Å². The lowest BCUT2D eigenvalue weighted by molar-refractivity contribution is -0.274. The minimum absolute atomic E-state index is 0.0908. The van der Waals surface area contributed by atoms with E-state index in [9.17, 15) is 23.2 Å². The summed E-state index contributed by atoms with van der Waals surface area (Å²) < 4.78 is 43.0. The normalized spacial score (nSPS) is 14.6. The van der Waals surface area contributed by atoms with E-state index in [0.29, 0.717) is 46.5 Å². The van der Waals surface area contributed by atoms with Crippen molar-refractivity contribution in [1.29, 1.82) is 10.5 Å². The average Bonchev–Trinajstić information content (AvgIpc) is 3.73. The van der Waals surface area contributed by atoms with Crippen molar-refractivity contribution in [3.63, 3.8) is 0 Å². The number of rotatable bonds is 6. The SMILES string of the molecule is CC(NC(=O)c1cc(OC(F)(F)F)cc(C2(C#N)CC2)c1)c1nc2ccccc2nc1-c1ccc(C#N)cn1. The van der Waals surface area contributed by atoms with Crippen molar-refractivity contribution in [2.45, 2.75) is 37.6 Å². The van der Waals surface area contributed by atoms with Crippen LogP contribution in [-0.4, -0.2) is 27.2 Å². The number of hydrogen-bond acceptors (Lipinski definition) is 7. The molecule has 1 unspecified atom stereocenters. The van der Waals surface area contributed by atoms with Crippen LogP contribution in [0, 0.1) is 22.7 Å². The number of hydrogen-bond donors (Lipinski definition) is 1. The Morgan fingerprint density at radius 1 is 1.08 bits per heavy atom. The van der Waals surface area contributed by atoms with Gasteiger partial charge in [-0.25, -0.2) is 9.97 Å². The first-order valence-electron chi connectivity index (χ1n) is 11.9. The van der Waals surface area contributed by atoms with Gasteiger partial charge in [0.25, 0.3) is 5.91 Å². The number of nitriles is 2. The third-order valence-corrected chi connectivity index (χ3v) is 6.41. The Balaban J connectivity index is 1.52. The maximum absolute atomic E-state index is 13.3. The lowest BCUT2D eigenvalue weighted by Gasteiger charge is -2.19. The highest BCUT2D eigenvalue weighted by Crippen LogP contribution is 2.48. The van der Waals surface area contributed by atoms with Crippen LogP contribution in [0.15, 0.2) is 60.8 Å². The van der Waals surface area contributed by atoms with Crippen molar-refractivity contribution in [3.8, 4) is 29.3 Å². The number of aromatic nitrogens is 3. The highest BCUT2D eigenvalue weighted by molar-refractivity contribution is 5.95. The van der Waals surface area contributed by atoms with Crippen molar-refractivity contribution in [2.75, 3.05) is 0 Å². The first-order chi connectivity index (χ1) is 18.6. The topological polar surface area (TPSA) is 125 Å². The third kappa shape index (κ3) is 5.34. The van der Waals surface area contributed by atoms with E-state index in [0.717, 1.165) is 12.1 Å². The number of alkyl halides is 3. The fraction of sp³-hybridized carbons (Fsp3) is 0.214. The van der Waals surface area contributed by atoms with Crippen LogP contribution in [0.3, 0.4) is 0 Å². The molecule has 8 nitrogen and oxygen atoms in total. The third-order valence-electron chi connectivity index (χ3n) is 6.41.